The largest absolute Gasteiger partial charge is 0.491 e. The molecule has 0 aliphatic carbocycles. The molecule has 1 amide bonds. The fourth-order valence-corrected chi connectivity index (χ4v) is 2.78. The van der Waals surface area contributed by atoms with Crippen LogP contribution in [0.5, 0.6) is 11.5 Å². The van der Waals surface area contributed by atoms with E-state index >= 15 is 0 Å². The Morgan fingerprint density at radius 1 is 1.35 bits per heavy atom. The van der Waals surface area contributed by atoms with Gasteiger partial charge >= 0.3 is 0 Å². The second-order valence-electron chi connectivity index (χ2n) is 5.39. The number of halogens is 1. The van der Waals surface area contributed by atoms with Crippen LogP contribution in [-0.4, -0.2) is 29.6 Å². The first kappa shape index (κ1) is 17.8. The number of methoxy groups -OCH3 is 1. The second kappa shape index (κ2) is 7.93. The van der Waals surface area contributed by atoms with Crippen molar-refractivity contribution in [2.75, 3.05) is 19.0 Å². The standard InChI is InChI=1S/C19H18ClN3O3/c1-3-26-16-11-12(10-13(20)18(16)25-2)8-9-17(24)23-19-21-14-6-4-5-7-15(14)22-19/h4-11H,3H2,1-2H3,(H2,21,22,23,24)/b9-8+. The number of nitrogens with zero attached hydrogens (tertiary/aromatic N) is 1. The third-order valence-electron chi connectivity index (χ3n) is 3.59. The number of hydrogen-bond donors (Lipinski definition) is 2. The summed E-state index contributed by atoms with van der Waals surface area (Å²) in [4.78, 5) is 19.5. The lowest BCUT2D eigenvalue weighted by atomic mass is 10.2. The summed E-state index contributed by atoms with van der Waals surface area (Å²) in [7, 11) is 1.53. The first-order valence-electron chi connectivity index (χ1n) is 8.05. The van der Waals surface area contributed by atoms with Crippen molar-refractivity contribution in [1.29, 1.82) is 0 Å². The number of fused-ring (bicyclic) bond motifs is 1. The Balaban J connectivity index is 1.75. The van der Waals surface area contributed by atoms with E-state index in [1.165, 1.54) is 13.2 Å². The Morgan fingerprint density at radius 3 is 2.88 bits per heavy atom. The molecule has 0 bridgehead atoms. The zero-order chi connectivity index (χ0) is 18.5. The Hall–Kier alpha value is -2.99. The van der Waals surface area contributed by atoms with Crippen molar-refractivity contribution in [3.8, 4) is 11.5 Å². The van der Waals surface area contributed by atoms with Crippen LogP contribution >= 0.6 is 11.6 Å². The molecule has 2 N–H and O–H groups in total. The van der Waals surface area contributed by atoms with E-state index in [9.17, 15) is 4.79 Å². The van der Waals surface area contributed by atoms with Gasteiger partial charge in [0, 0.05) is 6.08 Å². The molecular formula is C19H18ClN3O3. The number of nitrogens with one attached hydrogen (secondary N) is 2. The molecule has 3 aromatic rings. The summed E-state index contributed by atoms with van der Waals surface area (Å²) in [5.41, 5.74) is 2.36. The molecule has 0 radical (unpaired) electrons. The number of aromatic nitrogens is 2. The fourth-order valence-electron chi connectivity index (χ4n) is 2.49. The van der Waals surface area contributed by atoms with Crippen molar-refractivity contribution < 1.29 is 14.3 Å². The predicted molar refractivity (Wildman–Crippen MR) is 103 cm³/mol. The van der Waals surface area contributed by atoms with Gasteiger partial charge in [-0.1, -0.05) is 23.7 Å². The van der Waals surface area contributed by atoms with Crippen LogP contribution in [0.2, 0.25) is 5.02 Å². The number of carbonyl (C=O) groups excluding carboxylic acids is 1. The van der Waals surface area contributed by atoms with Gasteiger partial charge in [-0.25, -0.2) is 4.98 Å². The van der Waals surface area contributed by atoms with Crippen molar-refractivity contribution in [1.82, 2.24) is 9.97 Å². The Kier molecular flexibility index (Phi) is 5.43. The average molecular weight is 372 g/mol. The minimum absolute atomic E-state index is 0.311. The van der Waals surface area contributed by atoms with Gasteiger partial charge in [0.25, 0.3) is 5.91 Å². The van der Waals surface area contributed by atoms with Gasteiger partial charge in [-0.3, -0.25) is 10.1 Å². The van der Waals surface area contributed by atoms with E-state index in [0.717, 1.165) is 16.6 Å². The maximum Gasteiger partial charge on any atom is 0.250 e. The number of carbonyl (C=O) groups is 1. The third kappa shape index (κ3) is 3.97. The van der Waals surface area contributed by atoms with Gasteiger partial charge in [0.1, 0.15) is 0 Å². The van der Waals surface area contributed by atoms with E-state index in [4.69, 9.17) is 21.1 Å². The van der Waals surface area contributed by atoms with Gasteiger partial charge in [-0.2, -0.15) is 0 Å². The van der Waals surface area contributed by atoms with Gasteiger partial charge in [-0.05, 0) is 42.8 Å². The number of hydrogen-bond acceptors (Lipinski definition) is 4. The van der Waals surface area contributed by atoms with Crippen LogP contribution in [0, 0.1) is 0 Å². The summed E-state index contributed by atoms with van der Waals surface area (Å²) in [6.45, 7) is 2.35. The zero-order valence-electron chi connectivity index (χ0n) is 14.4. The van der Waals surface area contributed by atoms with Crippen molar-refractivity contribution in [3.05, 3.63) is 53.1 Å². The van der Waals surface area contributed by atoms with Gasteiger partial charge in [0.15, 0.2) is 11.5 Å². The molecule has 134 valence electrons. The van der Waals surface area contributed by atoms with E-state index in [2.05, 4.69) is 15.3 Å². The first-order chi connectivity index (χ1) is 12.6. The molecule has 6 nitrogen and oxygen atoms in total. The molecular weight excluding hydrogens is 354 g/mol. The van der Waals surface area contributed by atoms with Crippen molar-refractivity contribution >= 4 is 40.6 Å². The lowest BCUT2D eigenvalue weighted by Gasteiger charge is -2.11. The van der Waals surface area contributed by atoms with Gasteiger partial charge in [0.05, 0.1) is 29.8 Å². The van der Waals surface area contributed by atoms with Crippen LogP contribution in [0.25, 0.3) is 17.1 Å². The highest BCUT2D eigenvalue weighted by Crippen LogP contribution is 2.36. The number of rotatable bonds is 6. The van der Waals surface area contributed by atoms with E-state index < -0.39 is 0 Å². The van der Waals surface area contributed by atoms with Crippen LogP contribution in [-0.2, 0) is 4.79 Å². The van der Waals surface area contributed by atoms with Crippen molar-refractivity contribution in [2.24, 2.45) is 0 Å². The zero-order valence-corrected chi connectivity index (χ0v) is 15.1. The van der Waals surface area contributed by atoms with Gasteiger partial charge < -0.3 is 14.5 Å². The number of anilines is 1. The fraction of sp³-hybridized carbons (Fsp3) is 0.158. The summed E-state index contributed by atoms with van der Waals surface area (Å²) < 4.78 is 10.8. The lowest BCUT2D eigenvalue weighted by molar-refractivity contribution is -0.111. The number of amides is 1. The van der Waals surface area contributed by atoms with Crippen LogP contribution < -0.4 is 14.8 Å². The number of aromatic amines is 1. The molecule has 0 aliphatic heterocycles. The molecule has 0 unspecified atom stereocenters. The number of imidazole rings is 1. The molecule has 3 rings (SSSR count). The molecule has 0 saturated carbocycles. The number of ether oxygens (including phenoxy) is 2. The summed E-state index contributed by atoms with van der Waals surface area (Å²) >= 11 is 6.21. The van der Waals surface area contributed by atoms with Gasteiger partial charge in [-0.15, -0.1) is 0 Å². The second-order valence-corrected chi connectivity index (χ2v) is 5.80. The quantitative estimate of drug-likeness (QED) is 0.634. The highest BCUT2D eigenvalue weighted by Gasteiger charge is 2.11. The maximum absolute atomic E-state index is 12.1. The smallest absolute Gasteiger partial charge is 0.250 e. The van der Waals surface area contributed by atoms with Gasteiger partial charge in [0.2, 0.25) is 5.95 Å². The van der Waals surface area contributed by atoms with E-state index in [-0.39, 0.29) is 5.91 Å². The number of para-hydroxylation sites is 2. The molecule has 0 spiro atoms. The Labute approximate surface area is 155 Å². The average Bonchev–Trinajstić information content (AvgIpc) is 3.02. The summed E-state index contributed by atoms with van der Waals surface area (Å²) in [5.74, 6) is 1.08. The molecule has 7 heteroatoms. The SMILES string of the molecule is CCOc1cc(/C=C/C(=O)Nc2nc3ccccc3[nH]2)cc(Cl)c1OC. The normalized spacial score (nSPS) is 11.0. The molecule has 2 aromatic carbocycles. The molecule has 0 fully saturated rings. The number of benzene rings is 2. The van der Waals surface area contributed by atoms with Crippen LogP contribution in [0.4, 0.5) is 5.95 Å². The van der Waals surface area contributed by atoms with Crippen LogP contribution in [0.15, 0.2) is 42.5 Å². The van der Waals surface area contributed by atoms with E-state index in [1.807, 2.05) is 31.2 Å². The van der Waals surface area contributed by atoms with E-state index in [0.29, 0.717) is 29.1 Å². The summed E-state index contributed by atoms with van der Waals surface area (Å²) in [6, 6.07) is 11.0. The summed E-state index contributed by atoms with van der Waals surface area (Å²) in [6.07, 6.45) is 3.05. The molecule has 0 aliphatic rings. The Bertz CT molecular complexity index is 933. The topological polar surface area (TPSA) is 76.2 Å². The Morgan fingerprint density at radius 2 is 2.15 bits per heavy atom. The highest BCUT2D eigenvalue weighted by molar-refractivity contribution is 6.32. The minimum atomic E-state index is -0.311. The van der Waals surface area contributed by atoms with Crippen molar-refractivity contribution in [2.45, 2.75) is 6.92 Å². The first-order valence-corrected chi connectivity index (χ1v) is 8.42. The maximum atomic E-state index is 12.1. The minimum Gasteiger partial charge on any atom is -0.491 e. The predicted octanol–water partition coefficient (Wildman–Crippen LogP) is 4.28. The molecule has 0 atom stereocenters. The molecule has 0 saturated heterocycles. The van der Waals surface area contributed by atoms with E-state index in [1.54, 1.807) is 18.2 Å². The highest BCUT2D eigenvalue weighted by atomic mass is 35.5. The lowest BCUT2D eigenvalue weighted by Crippen LogP contribution is -2.08. The van der Waals surface area contributed by atoms with Crippen molar-refractivity contribution in [3.63, 3.8) is 0 Å². The molecule has 1 heterocycles. The third-order valence-corrected chi connectivity index (χ3v) is 3.87. The molecule has 26 heavy (non-hydrogen) atoms. The summed E-state index contributed by atoms with van der Waals surface area (Å²) in [5, 5.41) is 3.11. The van der Waals surface area contributed by atoms with Crippen LogP contribution in [0.1, 0.15) is 12.5 Å². The molecule has 1 aromatic heterocycles. The van der Waals surface area contributed by atoms with Crippen LogP contribution in [0.3, 0.4) is 0 Å². The monoisotopic (exact) mass is 371 g/mol. The number of H-pyrrole nitrogens is 1.